The number of rotatable bonds is 6. The van der Waals surface area contributed by atoms with Crippen molar-refractivity contribution in [2.75, 3.05) is 7.11 Å². The van der Waals surface area contributed by atoms with Gasteiger partial charge in [-0.3, -0.25) is 0 Å². The minimum Gasteiger partial charge on any atom is -0.390 e. The average molecular weight is 276 g/mol. The summed E-state index contributed by atoms with van der Waals surface area (Å²) in [5.74, 6) is 0.891. The molecule has 20 heavy (non-hydrogen) atoms. The minimum absolute atomic E-state index is 0.488. The van der Waals surface area contributed by atoms with Gasteiger partial charge in [-0.05, 0) is 25.0 Å². The molecule has 1 heterocycles. The van der Waals surface area contributed by atoms with Crippen LogP contribution in [0.25, 0.3) is 11.0 Å². The van der Waals surface area contributed by atoms with Crippen molar-refractivity contribution in [1.82, 2.24) is 9.55 Å². The number of hydrogen-bond acceptors (Lipinski definition) is 3. The van der Waals surface area contributed by atoms with Crippen LogP contribution in [0.15, 0.2) is 24.3 Å². The van der Waals surface area contributed by atoms with Gasteiger partial charge in [-0.2, -0.15) is 0 Å². The smallest absolute Gasteiger partial charge is 0.112 e. The van der Waals surface area contributed by atoms with Crippen molar-refractivity contribution >= 4 is 11.0 Å². The van der Waals surface area contributed by atoms with E-state index in [9.17, 15) is 5.11 Å². The second-order valence-electron chi connectivity index (χ2n) is 5.27. The van der Waals surface area contributed by atoms with Gasteiger partial charge in [0.05, 0.1) is 22.7 Å². The molecule has 0 aliphatic heterocycles. The van der Waals surface area contributed by atoms with Crippen molar-refractivity contribution in [3.63, 3.8) is 0 Å². The van der Waals surface area contributed by atoms with E-state index in [4.69, 9.17) is 4.74 Å². The van der Waals surface area contributed by atoms with Crippen molar-refractivity contribution < 1.29 is 9.84 Å². The number of fused-ring (bicyclic) bond motifs is 1. The van der Waals surface area contributed by atoms with E-state index < -0.39 is 11.7 Å². The number of ether oxygens (including phenoxy) is 1. The molecule has 1 unspecified atom stereocenters. The number of imidazole rings is 1. The molecule has 1 aromatic carbocycles. The standard InChI is InChI=1S/C16H24N2O2/c1-5-16(6-2,20-4)14(19)11-15-17-12-9-7-8-10-13(12)18(15)3/h7-10,14,19H,5-6,11H2,1-4H3. The number of aryl methyl sites for hydroxylation is 1. The first-order valence-electron chi connectivity index (χ1n) is 7.21. The lowest BCUT2D eigenvalue weighted by atomic mass is 9.88. The Morgan fingerprint density at radius 1 is 1.30 bits per heavy atom. The van der Waals surface area contributed by atoms with Crippen LogP contribution < -0.4 is 0 Å². The third kappa shape index (κ3) is 2.45. The SMILES string of the molecule is CCC(CC)(OC)C(O)Cc1nc2ccccc2n1C. The lowest BCUT2D eigenvalue weighted by Crippen LogP contribution is -2.44. The van der Waals surface area contributed by atoms with Crippen LogP contribution in [0.3, 0.4) is 0 Å². The van der Waals surface area contributed by atoms with Crippen LogP contribution in [0, 0.1) is 0 Å². The molecule has 1 atom stereocenters. The first-order valence-corrected chi connectivity index (χ1v) is 7.21. The van der Waals surface area contributed by atoms with E-state index in [2.05, 4.69) is 4.98 Å². The summed E-state index contributed by atoms with van der Waals surface area (Å²) in [6.45, 7) is 4.09. The van der Waals surface area contributed by atoms with Crippen LogP contribution >= 0.6 is 0 Å². The summed E-state index contributed by atoms with van der Waals surface area (Å²) in [4.78, 5) is 4.62. The Morgan fingerprint density at radius 3 is 2.50 bits per heavy atom. The number of aliphatic hydroxyl groups excluding tert-OH is 1. The number of nitrogens with zero attached hydrogens (tertiary/aromatic N) is 2. The maximum atomic E-state index is 10.6. The Kier molecular flexibility index (Phi) is 4.45. The molecule has 0 fully saturated rings. The Morgan fingerprint density at radius 2 is 1.95 bits per heavy atom. The van der Waals surface area contributed by atoms with Crippen molar-refractivity contribution in [2.24, 2.45) is 7.05 Å². The molecule has 0 aliphatic rings. The van der Waals surface area contributed by atoms with E-state index in [1.165, 1.54) is 0 Å². The first-order chi connectivity index (χ1) is 9.57. The second-order valence-corrected chi connectivity index (χ2v) is 5.27. The van der Waals surface area contributed by atoms with Gasteiger partial charge in [-0.25, -0.2) is 4.98 Å². The van der Waals surface area contributed by atoms with Gasteiger partial charge in [0.25, 0.3) is 0 Å². The maximum absolute atomic E-state index is 10.6. The van der Waals surface area contributed by atoms with Gasteiger partial charge in [0, 0.05) is 20.6 Å². The van der Waals surface area contributed by atoms with Crippen molar-refractivity contribution in [1.29, 1.82) is 0 Å². The van der Waals surface area contributed by atoms with E-state index in [0.29, 0.717) is 6.42 Å². The molecule has 0 saturated heterocycles. The largest absolute Gasteiger partial charge is 0.390 e. The zero-order chi connectivity index (χ0) is 14.8. The van der Waals surface area contributed by atoms with Gasteiger partial charge in [-0.15, -0.1) is 0 Å². The van der Waals surface area contributed by atoms with Gasteiger partial charge in [0.1, 0.15) is 5.82 Å². The predicted octanol–water partition coefficient (Wildman–Crippen LogP) is 2.68. The summed E-state index contributed by atoms with van der Waals surface area (Å²) in [5.41, 5.74) is 1.57. The van der Waals surface area contributed by atoms with Crippen LogP contribution in [-0.2, 0) is 18.2 Å². The Balaban J connectivity index is 2.29. The minimum atomic E-state index is -0.557. The predicted molar refractivity (Wildman–Crippen MR) is 80.7 cm³/mol. The third-order valence-corrected chi connectivity index (χ3v) is 4.47. The molecule has 110 valence electrons. The van der Waals surface area contributed by atoms with Crippen molar-refractivity contribution in [2.45, 2.75) is 44.8 Å². The number of aromatic nitrogens is 2. The summed E-state index contributed by atoms with van der Waals surface area (Å²) in [6, 6.07) is 8.02. The molecular formula is C16H24N2O2. The molecule has 0 spiro atoms. The third-order valence-electron chi connectivity index (χ3n) is 4.47. The Labute approximate surface area is 120 Å². The molecule has 0 radical (unpaired) electrons. The molecule has 4 heteroatoms. The van der Waals surface area contributed by atoms with E-state index in [-0.39, 0.29) is 0 Å². The van der Waals surface area contributed by atoms with Crippen LogP contribution in [-0.4, -0.2) is 33.5 Å². The van der Waals surface area contributed by atoms with Crippen LogP contribution in [0.5, 0.6) is 0 Å². The molecule has 2 rings (SSSR count). The van der Waals surface area contributed by atoms with E-state index in [1.807, 2.05) is 49.7 Å². The van der Waals surface area contributed by atoms with Crippen LogP contribution in [0.2, 0.25) is 0 Å². The molecule has 0 amide bonds. The number of para-hydroxylation sites is 2. The summed E-state index contributed by atoms with van der Waals surface area (Å²) in [6.07, 6.45) is 1.51. The van der Waals surface area contributed by atoms with Crippen LogP contribution in [0.4, 0.5) is 0 Å². The highest BCUT2D eigenvalue weighted by atomic mass is 16.5. The van der Waals surface area contributed by atoms with Gasteiger partial charge in [0.15, 0.2) is 0 Å². The molecule has 1 aromatic heterocycles. The molecule has 0 saturated carbocycles. The van der Waals surface area contributed by atoms with Gasteiger partial charge < -0.3 is 14.4 Å². The number of benzene rings is 1. The summed E-state index contributed by atoms with van der Waals surface area (Å²) >= 11 is 0. The molecule has 1 N–H and O–H groups in total. The Bertz CT molecular complexity index is 565. The first kappa shape index (κ1) is 15.0. The topological polar surface area (TPSA) is 47.3 Å². The molecule has 0 bridgehead atoms. The van der Waals surface area contributed by atoms with Crippen LogP contribution in [0.1, 0.15) is 32.5 Å². The molecule has 2 aromatic rings. The van der Waals surface area contributed by atoms with Crippen molar-refractivity contribution in [3.05, 3.63) is 30.1 Å². The fourth-order valence-corrected chi connectivity index (χ4v) is 2.88. The lowest BCUT2D eigenvalue weighted by molar-refractivity contribution is -0.107. The normalized spacial score (nSPS) is 13.8. The summed E-state index contributed by atoms with van der Waals surface area (Å²) in [7, 11) is 3.66. The van der Waals surface area contributed by atoms with Gasteiger partial charge in [0.2, 0.25) is 0 Å². The maximum Gasteiger partial charge on any atom is 0.112 e. The number of aliphatic hydroxyl groups is 1. The van der Waals surface area contributed by atoms with Crippen molar-refractivity contribution in [3.8, 4) is 0 Å². The summed E-state index contributed by atoms with van der Waals surface area (Å²) < 4.78 is 7.64. The number of methoxy groups -OCH3 is 1. The highest BCUT2D eigenvalue weighted by Crippen LogP contribution is 2.27. The lowest BCUT2D eigenvalue weighted by Gasteiger charge is -2.35. The zero-order valence-electron chi connectivity index (χ0n) is 12.8. The molecular weight excluding hydrogens is 252 g/mol. The average Bonchev–Trinajstić information content (AvgIpc) is 2.78. The number of hydrogen-bond donors (Lipinski definition) is 1. The fraction of sp³-hybridized carbons (Fsp3) is 0.562. The summed E-state index contributed by atoms with van der Waals surface area (Å²) in [5, 5.41) is 10.6. The molecule has 0 aliphatic carbocycles. The Hall–Kier alpha value is -1.39. The quantitative estimate of drug-likeness (QED) is 0.882. The molecule has 4 nitrogen and oxygen atoms in total. The van der Waals surface area contributed by atoms with E-state index in [1.54, 1.807) is 7.11 Å². The van der Waals surface area contributed by atoms with Gasteiger partial charge in [-0.1, -0.05) is 26.0 Å². The highest BCUT2D eigenvalue weighted by Gasteiger charge is 2.35. The highest BCUT2D eigenvalue weighted by molar-refractivity contribution is 5.75. The fourth-order valence-electron chi connectivity index (χ4n) is 2.88. The van der Waals surface area contributed by atoms with E-state index >= 15 is 0 Å². The monoisotopic (exact) mass is 276 g/mol. The van der Waals surface area contributed by atoms with E-state index in [0.717, 1.165) is 29.7 Å². The zero-order valence-corrected chi connectivity index (χ0v) is 12.8. The van der Waals surface area contributed by atoms with Gasteiger partial charge >= 0.3 is 0 Å². The second kappa shape index (κ2) is 5.94.